The number of nitrogens with zero attached hydrogens (tertiary/aromatic N) is 2. The van der Waals surface area contributed by atoms with E-state index in [-0.39, 0.29) is 42.2 Å². The number of thiazole rings is 1. The zero-order valence-corrected chi connectivity index (χ0v) is 32.5. The highest BCUT2D eigenvalue weighted by Gasteiger charge is 2.34. The lowest BCUT2D eigenvalue weighted by Crippen LogP contribution is -2.54. The summed E-state index contributed by atoms with van der Waals surface area (Å²) in [6.45, 7) is 12.1. The Morgan fingerprint density at radius 2 is 1.55 bits per heavy atom. The third-order valence-electron chi connectivity index (χ3n) is 9.71. The molecule has 0 fully saturated rings. The van der Waals surface area contributed by atoms with Crippen molar-refractivity contribution in [2.24, 2.45) is 11.8 Å². The van der Waals surface area contributed by atoms with Crippen LogP contribution in [0.1, 0.15) is 86.1 Å². The smallest absolute Gasteiger partial charge is 0.407 e. The number of hydrogen-bond donors (Lipinski definition) is 2. The summed E-state index contributed by atoms with van der Waals surface area (Å²) in [6.07, 6.45) is 2.76. The van der Waals surface area contributed by atoms with Gasteiger partial charge >= 0.3 is 6.09 Å². The topological polar surface area (TPSA) is 101 Å². The van der Waals surface area contributed by atoms with Crippen LogP contribution in [0.5, 0.6) is 0 Å². The Hall–Kier alpha value is -5.20. The Labute approximate surface area is 318 Å². The molecular weight excluding hydrogens is 681 g/mol. The zero-order chi connectivity index (χ0) is 38.1. The van der Waals surface area contributed by atoms with Gasteiger partial charge in [0.2, 0.25) is 5.91 Å². The highest BCUT2D eigenvalue weighted by molar-refractivity contribution is 7.10. The second-order valence-corrected chi connectivity index (χ2v) is 15.2. The van der Waals surface area contributed by atoms with Gasteiger partial charge in [0.05, 0.1) is 12.1 Å². The van der Waals surface area contributed by atoms with Crippen molar-refractivity contribution in [1.82, 2.24) is 20.5 Å². The predicted molar refractivity (Wildman–Crippen MR) is 213 cm³/mol. The molecule has 0 unspecified atom stereocenters. The lowest BCUT2D eigenvalue weighted by atomic mass is 9.96. The summed E-state index contributed by atoms with van der Waals surface area (Å²) in [7, 11) is 1.72. The summed E-state index contributed by atoms with van der Waals surface area (Å²) >= 11 is 1.29. The van der Waals surface area contributed by atoms with Gasteiger partial charge in [-0.05, 0) is 65.8 Å². The van der Waals surface area contributed by atoms with E-state index < -0.39 is 18.2 Å². The second kappa shape index (κ2) is 18.0. The Morgan fingerprint density at radius 1 is 0.925 bits per heavy atom. The Bertz CT molecular complexity index is 1940. The minimum absolute atomic E-state index is 0.0194. The first-order valence-electron chi connectivity index (χ1n) is 18.3. The zero-order valence-electron chi connectivity index (χ0n) is 31.7. The third kappa shape index (κ3) is 9.82. The maximum absolute atomic E-state index is 14.0. The quantitative estimate of drug-likeness (QED) is 0.107. The molecule has 0 spiro atoms. The number of ether oxygens (including phenoxy) is 1. The standard InChI is InChI=1S/C44H50N4O4S/c1-8-30(6)41(47-44(51)52-26-37-35-20-14-12-18-33(35)34-19-13-15-21-36(34)37)43(50)48(7)39(29(4)5)22-23-40-46-38(27-53-40)42(49)45-32(24-28(2)3)25-31-16-10-9-11-17-31/h9-21,24,27,29-30,32,37,39,41H,8,25-26H2,1-7H3,(H,45,49)(H,47,51)/t30-,32+,39+,41-/m0/s1. The van der Waals surface area contributed by atoms with Gasteiger partial charge in [0.15, 0.2) is 5.01 Å². The van der Waals surface area contributed by atoms with Crippen LogP contribution in [0.4, 0.5) is 4.79 Å². The number of rotatable bonds is 13. The minimum Gasteiger partial charge on any atom is -0.449 e. The van der Waals surface area contributed by atoms with Gasteiger partial charge in [0, 0.05) is 18.3 Å². The number of benzene rings is 3. The van der Waals surface area contributed by atoms with Crippen LogP contribution in [-0.2, 0) is 16.0 Å². The SMILES string of the molecule is CC[C@H](C)[C@H](NC(=O)OCC1c2ccccc2-c2ccccc21)C(=O)N(C)[C@H](C#Cc1nc(C(=O)N[C@H](C=C(C)C)Cc2ccccc2)cs1)C(C)C. The van der Waals surface area contributed by atoms with E-state index in [1.54, 1.807) is 17.3 Å². The molecular formula is C44H50N4O4S. The fraction of sp³-hybridized carbons (Fsp3) is 0.364. The van der Waals surface area contributed by atoms with Crippen LogP contribution in [0.3, 0.4) is 0 Å². The van der Waals surface area contributed by atoms with Crippen LogP contribution in [-0.4, -0.2) is 59.6 Å². The maximum atomic E-state index is 14.0. The molecule has 8 nitrogen and oxygen atoms in total. The van der Waals surface area contributed by atoms with Crippen molar-refractivity contribution in [2.45, 2.75) is 78.4 Å². The van der Waals surface area contributed by atoms with Crippen molar-refractivity contribution < 1.29 is 19.1 Å². The van der Waals surface area contributed by atoms with Gasteiger partial charge in [-0.15, -0.1) is 11.3 Å². The highest BCUT2D eigenvalue weighted by atomic mass is 32.1. The first-order chi connectivity index (χ1) is 25.5. The van der Waals surface area contributed by atoms with E-state index in [2.05, 4.69) is 51.7 Å². The Balaban J connectivity index is 1.24. The molecule has 1 aromatic heterocycles. The normalized spacial score (nSPS) is 14.0. The number of nitrogens with one attached hydrogen (secondary N) is 2. The maximum Gasteiger partial charge on any atom is 0.407 e. The molecule has 0 bridgehead atoms. The number of hydrogen-bond acceptors (Lipinski definition) is 6. The van der Waals surface area contributed by atoms with Crippen LogP contribution in [0.25, 0.3) is 11.1 Å². The average Bonchev–Trinajstić information content (AvgIpc) is 3.75. The lowest BCUT2D eigenvalue weighted by molar-refractivity contribution is -0.135. The van der Waals surface area contributed by atoms with Gasteiger partial charge in [-0.3, -0.25) is 9.59 Å². The Kier molecular flexibility index (Phi) is 13.3. The third-order valence-corrected chi connectivity index (χ3v) is 10.5. The molecule has 276 valence electrons. The summed E-state index contributed by atoms with van der Waals surface area (Å²) in [5, 5.41) is 8.18. The van der Waals surface area contributed by atoms with Crippen molar-refractivity contribution in [3.63, 3.8) is 0 Å². The molecule has 4 aromatic rings. The van der Waals surface area contributed by atoms with Gasteiger partial charge in [-0.2, -0.15) is 0 Å². The van der Waals surface area contributed by atoms with Gasteiger partial charge in [0.1, 0.15) is 18.3 Å². The van der Waals surface area contributed by atoms with Crippen LogP contribution < -0.4 is 10.6 Å². The number of likely N-dealkylation sites (N-methyl/N-ethyl adjacent to an activating group) is 1. The molecule has 1 heterocycles. The van der Waals surface area contributed by atoms with Gasteiger partial charge < -0.3 is 20.3 Å². The molecule has 2 N–H and O–H groups in total. The van der Waals surface area contributed by atoms with E-state index in [4.69, 9.17) is 4.74 Å². The number of allylic oxidation sites excluding steroid dienone is 1. The van der Waals surface area contributed by atoms with Gasteiger partial charge in [0.25, 0.3) is 5.91 Å². The van der Waals surface area contributed by atoms with Crippen molar-refractivity contribution in [2.75, 3.05) is 13.7 Å². The second-order valence-electron chi connectivity index (χ2n) is 14.3. The molecule has 1 aliphatic carbocycles. The summed E-state index contributed by atoms with van der Waals surface area (Å²) in [5.41, 5.74) is 7.08. The summed E-state index contributed by atoms with van der Waals surface area (Å²) in [5.74, 6) is 5.58. The van der Waals surface area contributed by atoms with E-state index in [0.29, 0.717) is 23.5 Å². The number of alkyl carbamates (subject to hydrolysis) is 1. The van der Waals surface area contributed by atoms with E-state index in [9.17, 15) is 14.4 Å². The monoisotopic (exact) mass is 730 g/mol. The first kappa shape index (κ1) is 39.0. The van der Waals surface area contributed by atoms with Crippen molar-refractivity contribution in [3.8, 4) is 23.0 Å². The average molecular weight is 731 g/mol. The van der Waals surface area contributed by atoms with Crippen molar-refractivity contribution in [3.05, 3.63) is 123 Å². The molecule has 0 aliphatic heterocycles. The molecule has 3 amide bonds. The van der Waals surface area contributed by atoms with Crippen molar-refractivity contribution >= 4 is 29.2 Å². The van der Waals surface area contributed by atoms with E-state index in [1.165, 1.54) is 11.3 Å². The molecule has 5 rings (SSSR count). The number of fused-ring (bicyclic) bond motifs is 3. The molecule has 1 aliphatic rings. The number of aromatic nitrogens is 1. The summed E-state index contributed by atoms with van der Waals surface area (Å²) in [6, 6.07) is 25.0. The summed E-state index contributed by atoms with van der Waals surface area (Å²) < 4.78 is 5.81. The lowest BCUT2D eigenvalue weighted by Gasteiger charge is -2.33. The van der Waals surface area contributed by atoms with Crippen LogP contribution in [0, 0.1) is 23.7 Å². The molecule has 0 radical (unpaired) electrons. The number of amides is 3. The first-order valence-corrected chi connectivity index (χ1v) is 19.2. The fourth-order valence-electron chi connectivity index (χ4n) is 6.75. The molecule has 4 atom stereocenters. The Morgan fingerprint density at radius 3 is 2.15 bits per heavy atom. The molecule has 9 heteroatoms. The van der Waals surface area contributed by atoms with Gasteiger partial charge in [-0.1, -0.05) is 131 Å². The van der Waals surface area contributed by atoms with Crippen LogP contribution in [0.2, 0.25) is 0 Å². The number of carbonyl (C=O) groups is 3. The minimum atomic E-state index is -0.802. The van der Waals surface area contributed by atoms with Crippen LogP contribution >= 0.6 is 11.3 Å². The van der Waals surface area contributed by atoms with Crippen LogP contribution in [0.15, 0.2) is 95.9 Å². The van der Waals surface area contributed by atoms with E-state index >= 15 is 0 Å². The molecule has 53 heavy (non-hydrogen) atoms. The summed E-state index contributed by atoms with van der Waals surface area (Å²) in [4.78, 5) is 46.7. The molecule has 0 saturated heterocycles. The largest absolute Gasteiger partial charge is 0.449 e. The molecule has 0 saturated carbocycles. The van der Waals surface area contributed by atoms with Gasteiger partial charge in [-0.25, -0.2) is 9.78 Å². The van der Waals surface area contributed by atoms with E-state index in [0.717, 1.165) is 33.4 Å². The van der Waals surface area contributed by atoms with Crippen molar-refractivity contribution in [1.29, 1.82) is 0 Å². The fourth-order valence-corrected chi connectivity index (χ4v) is 7.40. The number of carbonyl (C=O) groups excluding carboxylic acids is 3. The molecule has 3 aromatic carbocycles. The van der Waals surface area contributed by atoms with E-state index in [1.807, 2.05) is 102 Å². The predicted octanol–water partition coefficient (Wildman–Crippen LogP) is 8.24. The highest BCUT2D eigenvalue weighted by Crippen LogP contribution is 2.44.